The number of rotatable bonds is 7. The second kappa shape index (κ2) is 7.33. The van der Waals surface area contributed by atoms with Gasteiger partial charge in [0.1, 0.15) is 12.4 Å². The summed E-state index contributed by atoms with van der Waals surface area (Å²) in [6.07, 6.45) is -3.62. The first kappa shape index (κ1) is 17.3. The molecule has 0 heterocycles. The van der Waals surface area contributed by atoms with Gasteiger partial charge in [-0.1, -0.05) is 12.1 Å². The van der Waals surface area contributed by atoms with E-state index in [1.807, 2.05) is 0 Å². The van der Waals surface area contributed by atoms with Crippen LogP contribution in [0.1, 0.15) is 5.56 Å². The van der Waals surface area contributed by atoms with Crippen LogP contribution in [0.15, 0.2) is 22.7 Å². The molecule has 0 aliphatic heterocycles. The first-order valence-electron chi connectivity index (χ1n) is 5.66. The normalized spacial score (nSPS) is 13.8. The first-order chi connectivity index (χ1) is 9.24. The van der Waals surface area contributed by atoms with Crippen molar-refractivity contribution in [3.63, 3.8) is 0 Å². The van der Waals surface area contributed by atoms with E-state index in [0.717, 1.165) is 0 Å². The summed E-state index contributed by atoms with van der Waals surface area (Å²) in [4.78, 5) is 0. The minimum absolute atomic E-state index is 0.165. The minimum atomic E-state index is -4.20. The van der Waals surface area contributed by atoms with E-state index in [0.29, 0.717) is 5.56 Å². The van der Waals surface area contributed by atoms with Gasteiger partial charge in [0.25, 0.3) is 0 Å². The van der Waals surface area contributed by atoms with E-state index < -0.39 is 30.8 Å². The molecule has 0 aliphatic rings. The maximum atomic E-state index is 13.2. The number of hydrogen-bond donors (Lipinski definition) is 1. The standard InChI is InChI=1S/C12H13BrF5NO/c13-10-7(2-1-3-9(10)14)4-8(19)5-20-6-12(17,18)11(15)16/h1-3,8,11H,4-6,19H2. The molecule has 1 aromatic rings. The lowest BCUT2D eigenvalue weighted by Gasteiger charge is -2.18. The Kier molecular flexibility index (Phi) is 6.35. The summed E-state index contributed by atoms with van der Waals surface area (Å²) < 4.78 is 66.8. The third-order valence-electron chi connectivity index (χ3n) is 2.46. The van der Waals surface area contributed by atoms with Gasteiger partial charge in [0.2, 0.25) is 0 Å². The molecular weight excluding hydrogens is 349 g/mol. The predicted molar refractivity (Wildman–Crippen MR) is 67.5 cm³/mol. The van der Waals surface area contributed by atoms with Gasteiger partial charge >= 0.3 is 12.3 Å². The van der Waals surface area contributed by atoms with Crippen molar-refractivity contribution in [3.05, 3.63) is 34.1 Å². The van der Waals surface area contributed by atoms with Gasteiger partial charge in [-0.3, -0.25) is 0 Å². The molecule has 0 radical (unpaired) electrons. The highest BCUT2D eigenvalue weighted by molar-refractivity contribution is 9.10. The molecule has 0 saturated heterocycles. The number of benzene rings is 1. The van der Waals surface area contributed by atoms with Crippen molar-refractivity contribution in [2.24, 2.45) is 5.73 Å². The average molecular weight is 362 g/mol. The fourth-order valence-corrected chi connectivity index (χ4v) is 1.88. The Morgan fingerprint density at radius 3 is 2.55 bits per heavy atom. The van der Waals surface area contributed by atoms with Gasteiger partial charge in [-0.2, -0.15) is 8.78 Å². The van der Waals surface area contributed by atoms with Crippen molar-refractivity contribution in [3.8, 4) is 0 Å². The van der Waals surface area contributed by atoms with Crippen LogP contribution in [0.2, 0.25) is 0 Å². The third-order valence-corrected chi connectivity index (χ3v) is 3.35. The summed E-state index contributed by atoms with van der Waals surface area (Å²) in [7, 11) is 0. The van der Waals surface area contributed by atoms with Crippen molar-refractivity contribution in [1.29, 1.82) is 0 Å². The molecule has 0 amide bonds. The predicted octanol–water partition coefficient (Wildman–Crippen LogP) is 3.38. The van der Waals surface area contributed by atoms with Gasteiger partial charge < -0.3 is 10.5 Å². The molecule has 1 atom stereocenters. The second-order valence-electron chi connectivity index (χ2n) is 4.25. The van der Waals surface area contributed by atoms with Crippen LogP contribution >= 0.6 is 15.9 Å². The Labute approximate surface area is 121 Å². The van der Waals surface area contributed by atoms with Crippen LogP contribution in [0, 0.1) is 5.82 Å². The van der Waals surface area contributed by atoms with Crippen LogP contribution in [0.4, 0.5) is 22.0 Å². The van der Waals surface area contributed by atoms with Gasteiger partial charge in [0.15, 0.2) is 0 Å². The van der Waals surface area contributed by atoms with Crippen molar-refractivity contribution < 1.29 is 26.7 Å². The quantitative estimate of drug-likeness (QED) is 0.755. The summed E-state index contributed by atoms with van der Waals surface area (Å²) in [5.41, 5.74) is 6.17. The maximum Gasteiger partial charge on any atom is 0.330 e. The van der Waals surface area contributed by atoms with Crippen LogP contribution < -0.4 is 5.73 Å². The van der Waals surface area contributed by atoms with E-state index in [-0.39, 0.29) is 17.5 Å². The van der Waals surface area contributed by atoms with Crippen molar-refractivity contribution in [2.75, 3.05) is 13.2 Å². The molecule has 1 unspecified atom stereocenters. The van der Waals surface area contributed by atoms with Crippen LogP contribution in [-0.2, 0) is 11.2 Å². The first-order valence-corrected chi connectivity index (χ1v) is 6.45. The van der Waals surface area contributed by atoms with Gasteiger partial charge in [-0.05, 0) is 34.0 Å². The fourth-order valence-electron chi connectivity index (χ4n) is 1.46. The Balaban J connectivity index is 2.45. The zero-order valence-electron chi connectivity index (χ0n) is 10.3. The fraction of sp³-hybridized carbons (Fsp3) is 0.500. The Morgan fingerprint density at radius 1 is 1.30 bits per heavy atom. The monoisotopic (exact) mass is 361 g/mol. The van der Waals surface area contributed by atoms with Crippen LogP contribution in [-0.4, -0.2) is 31.6 Å². The molecule has 0 aromatic heterocycles. The molecule has 8 heteroatoms. The van der Waals surface area contributed by atoms with E-state index in [1.54, 1.807) is 6.07 Å². The van der Waals surface area contributed by atoms with E-state index in [4.69, 9.17) is 5.73 Å². The highest BCUT2D eigenvalue weighted by atomic mass is 79.9. The molecule has 2 nitrogen and oxygen atoms in total. The summed E-state index contributed by atoms with van der Waals surface area (Å²) in [5.74, 6) is -4.67. The molecular formula is C12H13BrF5NO. The van der Waals surface area contributed by atoms with Crippen molar-refractivity contribution >= 4 is 15.9 Å². The zero-order chi connectivity index (χ0) is 15.3. The topological polar surface area (TPSA) is 35.2 Å². The SMILES string of the molecule is NC(COCC(F)(F)C(F)F)Cc1cccc(F)c1Br. The number of halogens is 6. The molecule has 20 heavy (non-hydrogen) atoms. The molecule has 1 rings (SSSR count). The number of nitrogens with two attached hydrogens (primary N) is 1. The van der Waals surface area contributed by atoms with Gasteiger partial charge in [0, 0.05) is 6.04 Å². The third kappa shape index (κ3) is 4.99. The summed E-state index contributed by atoms with van der Waals surface area (Å²) in [6.45, 7) is -1.73. The molecule has 0 bridgehead atoms. The molecule has 1 aromatic carbocycles. The largest absolute Gasteiger partial charge is 0.373 e. The number of ether oxygens (including phenoxy) is 1. The van der Waals surface area contributed by atoms with E-state index in [9.17, 15) is 22.0 Å². The molecule has 0 fully saturated rings. The Bertz CT molecular complexity index is 444. The smallest absolute Gasteiger partial charge is 0.330 e. The molecule has 2 N–H and O–H groups in total. The molecule has 114 valence electrons. The van der Waals surface area contributed by atoms with E-state index in [2.05, 4.69) is 20.7 Å². The van der Waals surface area contributed by atoms with Crippen LogP contribution in [0.3, 0.4) is 0 Å². The molecule has 0 spiro atoms. The lowest BCUT2D eigenvalue weighted by molar-refractivity contribution is -0.166. The maximum absolute atomic E-state index is 13.2. The van der Waals surface area contributed by atoms with Crippen LogP contribution in [0.25, 0.3) is 0 Å². The molecule has 0 aliphatic carbocycles. The van der Waals surface area contributed by atoms with E-state index in [1.165, 1.54) is 12.1 Å². The van der Waals surface area contributed by atoms with Crippen molar-refractivity contribution in [1.82, 2.24) is 0 Å². The minimum Gasteiger partial charge on any atom is -0.373 e. The highest BCUT2D eigenvalue weighted by Crippen LogP contribution is 2.23. The van der Waals surface area contributed by atoms with Gasteiger partial charge in [-0.25, -0.2) is 13.2 Å². The lowest BCUT2D eigenvalue weighted by Crippen LogP contribution is -2.36. The molecule has 0 saturated carbocycles. The number of alkyl halides is 4. The highest BCUT2D eigenvalue weighted by Gasteiger charge is 2.41. The summed E-state index contributed by atoms with van der Waals surface area (Å²) in [6, 6.07) is 3.63. The second-order valence-corrected chi connectivity index (χ2v) is 5.05. The zero-order valence-corrected chi connectivity index (χ0v) is 11.8. The number of hydrogen-bond acceptors (Lipinski definition) is 2. The average Bonchev–Trinajstić information content (AvgIpc) is 2.34. The van der Waals surface area contributed by atoms with Crippen LogP contribution in [0.5, 0.6) is 0 Å². The van der Waals surface area contributed by atoms with E-state index >= 15 is 0 Å². The lowest BCUT2D eigenvalue weighted by atomic mass is 10.1. The summed E-state index contributed by atoms with van der Waals surface area (Å²) >= 11 is 3.04. The van der Waals surface area contributed by atoms with Crippen molar-refractivity contribution in [2.45, 2.75) is 24.8 Å². The summed E-state index contributed by atoms with van der Waals surface area (Å²) in [5, 5.41) is 0. The van der Waals surface area contributed by atoms with Gasteiger partial charge in [0.05, 0.1) is 11.1 Å². The Hall–Kier alpha value is -0.730. The van der Waals surface area contributed by atoms with Gasteiger partial charge in [-0.15, -0.1) is 0 Å². The Morgan fingerprint density at radius 2 is 1.95 bits per heavy atom.